The molecule has 0 bridgehead atoms. The van der Waals surface area contributed by atoms with Crippen molar-refractivity contribution in [1.29, 1.82) is 0 Å². The van der Waals surface area contributed by atoms with Crippen LogP contribution in [0.2, 0.25) is 5.02 Å². The number of nitrogens with zero attached hydrogens (tertiary/aromatic N) is 2. The fourth-order valence-electron chi connectivity index (χ4n) is 3.21. The highest BCUT2D eigenvalue weighted by atomic mass is 35.5. The van der Waals surface area contributed by atoms with Gasteiger partial charge >= 0.3 is 6.09 Å². The molecular weight excluding hydrogens is 426 g/mol. The molecule has 0 saturated carbocycles. The minimum atomic E-state index is -3.77. The third-order valence-corrected chi connectivity index (χ3v) is 6.75. The highest BCUT2D eigenvalue weighted by Gasteiger charge is 2.27. The van der Waals surface area contributed by atoms with Crippen LogP contribution in [0.3, 0.4) is 0 Å². The van der Waals surface area contributed by atoms with E-state index in [1.54, 1.807) is 29.2 Å². The Balaban J connectivity index is 1.73. The lowest BCUT2D eigenvalue weighted by Gasteiger charge is -2.36. The number of sulfone groups is 1. The van der Waals surface area contributed by atoms with Crippen molar-refractivity contribution in [3.8, 4) is 0 Å². The molecule has 30 heavy (non-hydrogen) atoms. The summed E-state index contributed by atoms with van der Waals surface area (Å²) in [5.41, 5.74) is 6.55. The van der Waals surface area contributed by atoms with E-state index in [1.807, 2.05) is 20.8 Å². The summed E-state index contributed by atoms with van der Waals surface area (Å²) < 4.78 is 31.2. The molecule has 7 nitrogen and oxygen atoms in total. The van der Waals surface area contributed by atoms with Gasteiger partial charge in [0.1, 0.15) is 5.60 Å². The number of anilines is 2. The zero-order chi connectivity index (χ0) is 22.1. The van der Waals surface area contributed by atoms with Crippen LogP contribution in [-0.4, -0.2) is 51.2 Å². The molecule has 0 aliphatic carbocycles. The Kier molecular flexibility index (Phi) is 6.19. The summed E-state index contributed by atoms with van der Waals surface area (Å²) in [6, 6.07) is 11.0. The van der Waals surface area contributed by atoms with E-state index >= 15 is 0 Å². The average molecular weight is 452 g/mol. The van der Waals surface area contributed by atoms with E-state index in [2.05, 4.69) is 4.90 Å². The second kappa shape index (κ2) is 8.35. The van der Waals surface area contributed by atoms with Gasteiger partial charge in [0.25, 0.3) is 0 Å². The number of amides is 1. The summed E-state index contributed by atoms with van der Waals surface area (Å²) in [5.74, 6) is 0. The van der Waals surface area contributed by atoms with Gasteiger partial charge in [-0.1, -0.05) is 17.7 Å². The quantitative estimate of drug-likeness (QED) is 0.713. The lowest BCUT2D eigenvalue weighted by Crippen LogP contribution is -2.50. The number of carbonyl (C=O) groups excluding carboxylic acids is 1. The molecule has 2 aromatic rings. The smallest absolute Gasteiger partial charge is 0.410 e. The van der Waals surface area contributed by atoms with Crippen molar-refractivity contribution in [2.24, 2.45) is 0 Å². The Hall–Kier alpha value is -2.45. The van der Waals surface area contributed by atoms with Gasteiger partial charge in [0.05, 0.1) is 15.5 Å². The maximum Gasteiger partial charge on any atom is 0.410 e. The Labute approximate surface area is 182 Å². The number of halogens is 1. The molecule has 0 atom stereocenters. The van der Waals surface area contributed by atoms with Gasteiger partial charge in [0, 0.05) is 36.9 Å². The standard InChI is InChI=1S/C21H26ClN3O4S/c1-21(2,3)29-20(26)25-11-9-24(10-12-25)16-7-8-19(18(23)14-16)30(27,28)17-6-4-5-15(22)13-17/h4-8,13-14H,9-12,23H2,1-3H3. The van der Waals surface area contributed by atoms with E-state index in [9.17, 15) is 13.2 Å². The molecule has 1 aliphatic heterocycles. The Bertz CT molecular complexity index is 1040. The summed E-state index contributed by atoms with van der Waals surface area (Å²) in [4.78, 5) is 16.1. The van der Waals surface area contributed by atoms with E-state index < -0.39 is 15.4 Å². The molecule has 1 amide bonds. The molecule has 9 heteroatoms. The monoisotopic (exact) mass is 451 g/mol. The van der Waals surface area contributed by atoms with Crippen molar-refractivity contribution in [2.75, 3.05) is 36.8 Å². The predicted molar refractivity (Wildman–Crippen MR) is 118 cm³/mol. The first-order valence-electron chi connectivity index (χ1n) is 9.60. The molecule has 3 rings (SSSR count). The van der Waals surface area contributed by atoms with Crippen LogP contribution in [0.4, 0.5) is 16.2 Å². The number of rotatable bonds is 3. The largest absolute Gasteiger partial charge is 0.444 e. The maximum absolute atomic E-state index is 12.9. The molecule has 1 aliphatic rings. The number of nitrogens with two attached hydrogens (primary N) is 1. The van der Waals surface area contributed by atoms with Crippen molar-refractivity contribution < 1.29 is 17.9 Å². The van der Waals surface area contributed by atoms with Gasteiger partial charge in [0.2, 0.25) is 9.84 Å². The normalized spacial score (nSPS) is 15.2. The first-order chi connectivity index (χ1) is 14.0. The molecule has 162 valence electrons. The van der Waals surface area contributed by atoms with Gasteiger partial charge in [-0.25, -0.2) is 13.2 Å². The zero-order valence-corrected chi connectivity index (χ0v) is 18.8. The molecule has 0 aromatic heterocycles. The van der Waals surface area contributed by atoms with Crippen LogP contribution in [0.25, 0.3) is 0 Å². The van der Waals surface area contributed by atoms with Crippen LogP contribution in [-0.2, 0) is 14.6 Å². The molecule has 0 unspecified atom stereocenters. The molecule has 1 saturated heterocycles. The molecule has 0 radical (unpaired) electrons. The maximum atomic E-state index is 12.9. The van der Waals surface area contributed by atoms with Crippen LogP contribution in [0.15, 0.2) is 52.3 Å². The van der Waals surface area contributed by atoms with Gasteiger partial charge in [-0.15, -0.1) is 0 Å². The highest BCUT2D eigenvalue weighted by molar-refractivity contribution is 7.91. The van der Waals surface area contributed by atoms with Crippen molar-refractivity contribution >= 4 is 38.9 Å². The number of nitrogen functional groups attached to an aromatic ring is 1. The van der Waals surface area contributed by atoms with Crippen molar-refractivity contribution in [3.63, 3.8) is 0 Å². The van der Waals surface area contributed by atoms with Crippen LogP contribution >= 0.6 is 11.6 Å². The summed E-state index contributed by atoms with van der Waals surface area (Å²) >= 11 is 5.94. The fourth-order valence-corrected chi connectivity index (χ4v) is 4.88. The SMILES string of the molecule is CC(C)(C)OC(=O)N1CCN(c2ccc(S(=O)(=O)c3cccc(Cl)c3)c(N)c2)CC1. The molecule has 1 heterocycles. The van der Waals surface area contributed by atoms with Crippen molar-refractivity contribution in [2.45, 2.75) is 36.2 Å². The van der Waals surface area contributed by atoms with E-state index in [0.717, 1.165) is 5.69 Å². The minimum absolute atomic E-state index is 0.0425. The average Bonchev–Trinajstić information content (AvgIpc) is 2.66. The summed E-state index contributed by atoms with van der Waals surface area (Å²) in [6.45, 7) is 7.72. The third-order valence-electron chi connectivity index (χ3n) is 4.69. The lowest BCUT2D eigenvalue weighted by atomic mass is 10.2. The van der Waals surface area contributed by atoms with Gasteiger partial charge < -0.3 is 20.3 Å². The molecule has 2 N–H and O–H groups in total. The first-order valence-corrected chi connectivity index (χ1v) is 11.5. The third kappa shape index (κ3) is 4.99. The van der Waals surface area contributed by atoms with E-state index in [1.165, 1.54) is 18.2 Å². The van der Waals surface area contributed by atoms with Crippen LogP contribution in [0.5, 0.6) is 0 Å². The van der Waals surface area contributed by atoms with Crippen LogP contribution in [0.1, 0.15) is 20.8 Å². The lowest BCUT2D eigenvalue weighted by molar-refractivity contribution is 0.0240. The number of ether oxygens (including phenoxy) is 1. The molecular formula is C21H26ClN3O4S. The van der Waals surface area contributed by atoms with Crippen LogP contribution in [0, 0.1) is 0 Å². The van der Waals surface area contributed by atoms with Crippen molar-refractivity contribution in [3.05, 3.63) is 47.5 Å². The second-order valence-electron chi connectivity index (χ2n) is 8.14. The topological polar surface area (TPSA) is 92.9 Å². The Morgan fingerprint density at radius 1 is 1.07 bits per heavy atom. The molecule has 0 spiro atoms. The van der Waals surface area contributed by atoms with E-state index in [4.69, 9.17) is 22.1 Å². The van der Waals surface area contributed by atoms with E-state index in [0.29, 0.717) is 31.2 Å². The Morgan fingerprint density at radius 3 is 2.30 bits per heavy atom. The van der Waals surface area contributed by atoms with Crippen molar-refractivity contribution in [1.82, 2.24) is 4.90 Å². The second-order valence-corrected chi connectivity index (χ2v) is 10.5. The van der Waals surface area contributed by atoms with Crippen LogP contribution < -0.4 is 10.6 Å². The number of piperazine rings is 1. The number of benzene rings is 2. The first kappa shape index (κ1) is 22.2. The fraction of sp³-hybridized carbons (Fsp3) is 0.381. The number of hydrogen-bond donors (Lipinski definition) is 1. The van der Waals surface area contributed by atoms with Gasteiger partial charge in [0.15, 0.2) is 0 Å². The number of hydrogen-bond acceptors (Lipinski definition) is 6. The van der Waals surface area contributed by atoms with Gasteiger partial charge in [-0.2, -0.15) is 0 Å². The molecule has 1 fully saturated rings. The summed E-state index contributed by atoms with van der Waals surface area (Å²) in [5, 5.41) is 0.342. The predicted octanol–water partition coefficient (Wildman–Crippen LogP) is 3.81. The number of carbonyl (C=O) groups is 1. The van der Waals surface area contributed by atoms with Gasteiger partial charge in [-0.05, 0) is 57.2 Å². The Morgan fingerprint density at radius 2 is 1.73 bits per heavy atom. The van der Waals surface area contributed by atoms with Gasteiger partial charge in [-0.3, -0.25) is 0 Å². The minimum Gasteiger partial charge on any atom is -0.444 e. The summed E-state index contributed by atoms with van der Waals surface area (Å²) in [7, 11) is -3.77. The summed E-state index contributed by atoms with van der Waals surface area (Å²) in [6.07, 6.45) is -0.329. The van der Waals surface area contributed by atoms with E-state index in [-0.39, 0.29) is 21.6 Å². The zero-order valence-electron chi connectivity index (χ0n) is 17.3. The molecule has 2 aromatic carbocycles. The highest BCUT2D eigenvalue weighted by Crippen LogP contribution is 2.31.